The van der Waals surface area contributed by atoms with Gasteiger partial charge in [0.1, 0.15) is 6.26 Å². The van der Waals surface area contributed by atoms with E-state index in [9.17, 15) is 9.59 Å². The molecule has 126 valence electrons. The summed E-state index contributed by atoms with van der Waals surface area (Å²) in [5.74, 6) is -0.256. The average molecular weight is 329 g/mol. The number of ether oxygens (including phenoxy) is 1. The van der Waals surface area contributed by atoms with Crippen molar-refractivity contribution in [1.82, 2.24) is 9.88 Å². The van der Waals surface area contributed by atoms with E-state index in [1.54, 1.807) is 4.90 Å². The van der Waals surface area contributed by atoms with E-state index >= 15 is 0 Å². The smallest absolute Gasteiger partial charge is 0.360 e. The van der Waals surface area contributed by atoms with Gasteiger partial charge in [-0.05, 0) is 31.9 Å². The minimum Gasteiger partial charge on any atom is -0.464 e. The Morgan fingerprint density at radius 3 is 2.67 bits per heavy atom. The fraction of sp³-hybridized carbons (Fsp3) is 0.353. The summed E-state index contributed by atoms with van der Waals surface area (Å²) in [6, 6.07) is 7.56. The first-order valence-electron chi connectivity index (χ1n) is 7.74. The van der Waals surface area contributed by atoms with Gasteiger partial charge in [0, 0.05) is 11.7 Å². The predicted molar refractivity (Wildman–Crippen MR) is 86.6 cm³/mol. The van der Waals surface area contributed by atoms with Crippen LogP contribution in [0.1, 0.15) is 34.8 Å². The number of benzene rings is 1. The van der Waals surface area contributed by atoms with Gasteiger partial charge in [-0.25, -0.2) is 14.6 Å². The van der Waals surface area contributed by atoms with Crippen LogP contribution in [0.2, 0.25) is 0 Å². The number of anilines is 1. The molecule has 1 N–H and O–H groups in total. The van der Waals surface area contributed by atoms with Crippen LogP contribution in [0.15, 0.2) is 34.9 Å². The number of nitrogens with one attached hydrogen (secondary N) is 1. The first-order chi connectivity index (χ1) is 11.6. The average Bonchev–Trinajstić information content (AvgIpc) is 3.31. The number of amides is 2. The summed E-state index contributed by atoms with van der Waals surface area (Å²) >= 11 is 0. The van der Waals surface area contributed by atoms with Gasteiger partial charge in [0.05, 0.1) is 13.7 Å². The Balaban J connectivity index is 1.68. The molecule has 7 nitrogen and oxygen atoms in total. The number of carbonyl (C=O) groups excluding carboxylic acids is 2. The molecule has 1 aliphatic carbocycles. The van der Waals surface area contributed by atoms with Gasteiger partial charge in [-0.2, -0.15) is 0 Å². The third-order valence-corrected chi connectivity index (χ3v) is 3.80. The summed E-state index contributed by atoms with van der Waals surface area (Å²) in [5.41, 5.74) is 1.96. The highest BCUT2D eigenvalue weighted by Crippen LogP contribution is 2.29. The quantitative estimate of drug-likeness (QED) is 0.853. The van der Waals surface area contributed by atoms with Gasteiger partial charge >= 0.3 is 12.0 Å². The number of oxazole rings is 1. The van der Waals surface area contributed by atoms with Crippen LogP contribution in [-0.4, -0.2) is 35.0 Å². The van der Waals surface area contributed by atoms with Crippen LogP contribution in [0.4, 0.5) is 10.5 Å². The van der Waals surface area contributed by atoms with Crippen LogP contribution in [0.5, 0.6) is 0 Å². The molecule has 1 saturated carbocycles. The lowest BCUT2D eigenvalue weighted by Gasteiger charge is -2.21. The van der Waals surface area contributed by atoms with E-state index in [0.29, 0.717) is 5.89 Å². The van der Waals surface area contributed by atoms with Crippen LogP contribution in [0.25, 0.3) is 0 Å². The molecule has 1 aromatic heterocycles. The van der Waals surface area contributed by atoms with E-state index in [-0.39, 0.29) is 24.3 Å². The monoisotopic (exact) mass is 329 g/mol. The second-order valence-electron chi connectivity index (χ2n) is 5.77. The normalized spacial score (nSPS) is 13.4. The van der Waals surface area contributed by atoms with Crippen molar-refractivity contribution in [2.75, 3.05) is 12.4 Å². The van der Waals surface area contributed by atoms with Gasteiger partial charge in [0.2, 0.25) is 5.89 Å². The summed E-state index contributed by atoms with van der Waals surface area (Å²) in [5, 5.41) is 2.88. The van der Waals surface area contributed by atoms with Crippen LogP contribution in [0.3, 0.4) is 0 Å². The standard InChI is InChI=1S/C17H19N3O4/c1-11-3-5-12(6-4-11)18-17(22)20(13-7-8-13)9-15-19-14(10-24-15)16(21)23-2/h3-6,10,13H,7-9H2,1-2H3,(H,18,22). The predicted octanol–water partition coefficient (Wildman–Crippen LogP) is 2.97. The lowest BCUT2D eigenvalue weighted by atomic mass is 10.2. The number of esters is 1. The molecule has 0 saturated heterocycles. The molecule has 0 atom stereocenters. The van der Waals surface area contributed by atoms with Crippen molar-refractivity contribution in [2.24, 2.45) is 0 Å². The van der Waals surface area contributed by atoms with Gasteiger partial charge in [-0.15, -0.1) is 0 Å². The topological polar surface area (TPSA) is 84.7 Å². The van der Waals surface area contributed by atoms with Crippen LogP contribution in [-0.2, 0) is 11.3 Å². The van der Waals surface area contributed by atoms with Gasteiger partial charge < -0.3 is 19.4 Å². The maximum atomic E-state index is 12.5. The van der Waals surface area contributed by atoms with Gasteiger partial charge in [-0.3, -0.25) is 0 Å². The molecule has 2 aromatic rings. The number of aromatic nitrogens is 1. The molecule has 0 radical (unpaired) electrons. The van der Waals surface area contributed by atoms with E-state index in [4.69, 9.17) is 4.42 Å². The minimum absolute atomic E-state index is 0.0992. The highest BCUT2D eigenvalue weighted by Gasteiger charge is 2.34. The second-order valence-corrected chi connectivity index (χ2v) is 5.77. The van der Waals surface area contributed by atoms with Crippen LogP contribution < -0.4 is 5.32 Å². The third kappa shape index (κ3) is 3.73. The summed E-state index contributed by atoms with van der Waals surface area (Å²) in [7, 11) is 1.28. The molecule has 1 fully saturated rings. The number of hydrogen-bond acceptors (Lipinski definition) is 5. The Kier molecular flexibility index (Phi) is 4.50. The van der Waals surface area contributed by atoms with Gasteiger partial charge in [0.15, 0.2) is 5.69 Å². The molecule has 0 aliphatic heterocycles. The van der Waals surface area contributed by atoms with E-state index in [0.717, 1.165) is 24.1 Å². The Morgan fingerprint density at radius 1 is 1.33 bits per heavy atom. The van der Waals surface area contributed by atoms with Crippen molar-refractivity contribution in [3.05, 3.63) is 47.7 Å². The van der Waals surface area contributed by atoms with Crippen LogP contribution in [0, 0.1) is 6.92 Å². The number of rotatable bonds is 5. The summed E-state index contributed by atoms with van der Waals surface area (Å²) in [6.45, 7) is 2.20. The molecule has 0 bridgehead atoms. The number of carbonyl (C=O) groups is 2. The minimum atomic E-state index is -0.563. The number of methoxy groups -OCH3 is 1. The van der Waals surface area contributed by atoms with E-state index in [2.05, 4.69) is 15.0 Å². The Labute approximate surface area is 139 Å². The molecule has 2 amide bonds. The molecular formula is C17H19N3O4. The fourth-order valence-electron chi connectivity index (χ4n) is 2.31. The Morgan fingerprint density at radius 2 is 2.04 bits per heavy atom. The first-order valence-corrected chi connectivity index (χ1v) is 7.74. The fourth-order valence-corrected chi connectivity index (χ4v) is 2.31. The van der Waals surface area contributed by atoms with Crippen molar-refractivity contribution >= 4 is 17.7 Å². The highest BCUT2D eigenvalue weighted by molar-refractivity contribution is 5.89. The SMILES string of the molecule is COC(=O)c1coc(CN(C(=O)Nc2ccc(C)cc2)C2CC2)n1. The van der Waals surface area contributed by atoms with Crippen molar-refractivity contribution in [1.29, 1.82) is 0 Å². The van der Waals surface area contributed by atoms with Gasteiger partial charge in [0.25, 0.3) is 0 Å². The molecule has 0 spiro atoms. The molecule has 1 aliphatic rings. The molecule has 7 heteroatoms. The number of aryl methyl sites for hydroxylation is 1. The molecule has 1 heterocycles. The lowest BCUT2D eigenvalue weighted by molar-refractivity contribution is 0.0594. The Bertz CT molecular complexity index is 735. The maximum absolute atomic E-state index is 12.5. The van der Waals surface area contributed by atoms with Crippen LogP contribution >= 0.6 is 0 Å². The first kappa shape index (κ1) is 16.0. The third-order valence-electron chi connectivity index (χ3n) is 3.80. The summed E-state index contributed by atoms with van der Waals surface area (Å²) in [4.78, 5) is 29.7. The summed E-state index contributed by atoms with van der Waals surface area (Å²) in [6.07, 6.45) is 3.14. The molecule has 3 rings (SSSR count). The highest BCUT2D eigenvalue weighted by atomic mass is 16.5. The largest absolute Gasteiger partial charge is 0.464 e. The number of urea groups is 1. The Hall–Kier alpha value is -2.83. The summed E-state index contributed by atoms with van der Waals surface area (Å²) < 4.78 is 9.87. The zero-order chi connectivity index (χ0) is 17.1. The zero-order valence-electron chi connectivity index (χ0n) is 13.6. The molecule has 1 aromatic carbocycles. The van der Waals surface area contributed by atoms with E-state index in [1.807, 2.05) is 31.2 Å². The number of hydrogen-bond donors (Lipinski definition) is 1. The maximum Gasteiger partial charge on any atom is 0.360 e. The van der Waals surface area contributed by atoms with Crippen molar-refractivity contribution in [3.8, 4) is 0 Å². The second kappa shape index (κ2) is 6.74. The molecule has 24 heavy (non-hydrogen) atoms. The lowest BCUT2D eigenvalue weighted by Crippen LogP contribution is -2.36. The van der Waals surface area contributed by atoms with Crippen molar-refractivity contribution in [3.63, 3.8) is 0 Å². The van der Waals surface area contributed by atoms with Gasteiger partial charge in [-0.1, -0.05) is 17.7 Å². The number of nitrogens with zero attached hydrogens (tertiary/aromatic N) is 2. The molecular weight excluding hydrogens is 310 g/mol. The van der Waals surface area contributed by atoms with Crippen molar-refractivity contribution < 1.29 is 18.7 Å². The van der Waals surface area contributed by atoms with E-state index < -0.39 is 5.97 Å². The zero-order valence-corrected chi connectivity index (χ0v) is 13.6. The van der Waals surface area contributed by atoms with E-state index in [1.165, 1.54) is 13.4 Å². The molecule has 0 unspecified atom stereocenters. The van der Waals surface area contributed by atoms with Crippen molar-refractivity contribution in [2.45, 2.75) is 32.4 Å².